The summed E-state index contributed by atoms with van der Waals surface area (Å²) in [4.78, 5) is 22.6. The lowest BCUT2D eigenvalue weighted by atomic mass is 10.1. The number of hydrogen-bond donors (Lipinski definition) is 2. The first-order valence-electron chi connectivity index (χ1n) is 5.78. The van der Waals surface area contributed by atoms with Gasteiger partial charge < -0.3 is 10.4 Å². The molecule has 0 radical (unpaired) electrons. The predicted molar refractivity (Wildman–Crippen MR) is 76.4 cm³/mol. The molecule has 2 N–H and O–H groups in total. The van der Waals surface area contributed by atoms with Gasteiger partial charge in [0.25, 0.3) is 5.69 Å². The largest absolute Gasteiger partial charge is 0.478 e. The third-order valence-corrected chi connectivity index (χ3v) is 3.89. The van der Waals surface area contributed by atoms with Crippen LogP contribution in [0, 0.1) is 17.0 Å². The Hall–Kier alpha value is -2.41. The number of nitro benzene ring substituents is 1. The number of carboxylic acid groups (broad SMARTS) is 1. The summed E-state index contributed by atoms with van der Waals surface area (Å²) in [5, 5.41) is 24.9. The maximum atomic E-state index is 11.2. The molecule has 0 saturated carbocycles. The third-order valence-electron chi connectivity index (χ3n) is 2.86. The summed E-state index contributed by atoms with van der Waals surface area (Å²) in [7, 11) is 0. The predicted octanol–water partition coefficient (Wildman–Crippen LogP) is 3.28. The topological polar surface area (TPSA) is 92.5 Å². The van der Waals surface area contributed by atoms with Crippen LogP contribution in [0.15, 0.2) is 29.6 Å². The van der Waals surface area contributed by atoms with Gasteiger partial charge in [0.15, 0.2) is 0 Å². The SMILES string of the molecule is Cc1ccsc1CNc1c(C(=O)O)cccc1[N+](=O)[O-]. The van der Waals surface area contributed by atoms with Crippen LogP contribution in [0.1, 0.15) is 20.8 Å². The molecule has 1 aromatic heterocycles. The molecule has 2 rings (SSSR count). The van der Waals surface area contributed by atoms with Crippen molar-refractivity contribution < 1.29 is 14.8 Å². The van der Waals surface area contributed by atoms with Crippen LogP contribution in [-0.4, -0.2) is 16.0 Å². The van der Waals surface area contributed by atoms with Crippen molar-refractivity contribution in [2.75, 3.05) is 5.32 Å². The Morgan fingerprint density at radius 2 is 2.20 bits per heavy atom. The van der Waals surface area contributed by atoms with Gasteiger partial charge in [-0.25, -0.2) is 4.79 Å². The van der Waals surface area contributed by atoms with E-state index >= 15 is 0 Å². The molecule has 0 fully saturated rings. The second-order valence-corrected chi connectivity index (χ2v) is 5.14. The minimum absolute atomic E-state index is 0.0396. The number of thiophene rings is 1. The minimum atomic E-state index is -1.20. The van der Waals surface area contributed by atoms with E-state index in [9.17, 15) is 14.9 Å². The van der Waals surface area contributed by atoms with E-state index in [0.29, 0.717) is 6.54 Å². The number of para-hydroxylation sites is 1. The Labute approximate surface area is 118 Å². The molecule has 6 nitrogen and oxygen atoms in total. The number of benzene rings is 1. The van der Waals surface area contributed by atoms with Crippen molar-refractivity contribution in [2.45, 2.75) is 13.5 Å². The first kappa shape index (κ1) is 14.0. The first-order chi connectivity index (χ1) is 9.50. The number of carbonyl (C=O) groups is 1. The molecule has 0 atom stereocenters. The highest BCUT2D eigenvalue weighted by Gasteiger charge is 2.21. The summed E-state index contributed by atoms with van der Waals surface area (Å²) in [6.07, 6.45) is 0. The lowest BCUT2D eigenvalue weighted by Gasteiger charge is -2.09. The lowest BCUT2D eigenvalue weighted by molar-refractivity contribution is -0.384. The number of aryl methyl sites for hydroxylation is 1. The Kier molecular flexibility index (Phi) is 3.99. The van der Waals surface area contributed by atoms with Crippen LogP contribution in [0.25, 0.3) is 0 Å². The summed E-state index contributed by atoms with van der Waals surface area (Å²) in [6, 6.07) is 5.94. The normalized spacial score (nSPS) is 10.2. The van der Waals surface area contributed by atoms with E-state index in [1.54, 1.807) is 0 Å². The van der Waals surface area contributed by atoms with E-state index in [2.05, 4.69) is 5.32 Å². The third kappa shape index (κ3) is 2.77. The molecule has 0 bridgehead atoms. The molecule has 0 aliphatic heterocycles. The van der Waals surface area contributed by atoms with Crippen molar-refractivity contribution in [3.63, 3.8) is 0 Å². The number of rotatable bonds is 5. The molecule has 20 heavy (non-hydrogen) atoms. The van der Waals surface area contributed by atoms with Gasteiger partial charge in [0.2, 0.25) is 0 Å². The van der Waals surface area contributed by atoms with Gasteiger partial charge in [0.1, 0.15) is 5.69 Å². The second kappa shape index (κ2) is 5.70. The number of nitrogens with one attached hydrogen (secondary N) is 1. The zero-order valence-corrected chi connectivity index (χ0v) is 11.4. The fourth-order valence-corrected chi connectivity index (χ4v) is 2.66. The minimum Gasteiger partial charge on any atom is -0.478 e. The Balaban J connectivity index is 2.36. The number of nitro groups is 1. The molecule has 0 saturated heterocycles. The number of carboxylic acids is 1. The van der Waals surface area contributed by atoms with Crippen molar-refractivity contribution in [2.24, 2.45) is 0 Å². The van der Waals surface area contributed by atoms with Crippen molar-refractivity contribution >= 4 is 28.7 Å². The van der Waals surface area contributed by atoms with Gasteiger partial charge in [-0.15, -0.1) is 11.3 Å². The highest BCUT2D eigenvalue weighted by Crippen LogP contribution is 2.29. The van der Waals surface area contributed by atoms with Gasteiger partial charge in [0, 0.05) is 17.5 Å². The standard InChI is InChI=1S/C13H12N2O4S/c1-8-5-6-20-11(8)7-14-12-9(13(16)17)3-2-4-10(12)15(18)19/h2-6,14H,7H2,1H3,(H,16,17). The fourth-order valence-electron chi connectivity index (χ4n) is 1.81. The quantitative estimate of drug-likeness (QED) is 0.651. The summed E-state index contributed by atoms with van der Waals surface area (Å²) in [6.45, 7) is 2.29. The molecule has 0 spiro atoms. The molecule has 1 heterocycles. The Bertz CT molecular complexity index is 634. The molecule has 7 heteroatoms. The zero-order valence-electron chi connectivity index (χ0n) is 10.6. The molecule has 2 aromatic rings. The van der Waals surface area contributed by atoms with E-state index in [4.69, 9.17) is 5.11 Å². The van der Waals surface area contributed by atoms with Crippen LogP contribution < -0.4 is 5.32 Å². The summed E-state index contributed by atoms with van der Waals surface area (Å²) in [5.41, 5.74) is 0.767. The average Bonchev–Trinajstić information content (AvgIpc) is 2.81. The number of anilines is 1. The van der Waals surface area contributed by atoms with Gasteiger partial charge >= 0.3 is 5.97 Å². The van der Waals surface area contributed by atoms with E-state index in [1.165, 1.54) is 29.5 Å². The van der Waals surface area contributed by atoms with Gasteiger partial charge in [0.05, 0.1) is 10.5 Å². The summed E-state index contributed by atoms with van der Waals surface area (Å²) in [5.74, 6) is -1.20. The molecule has 0 aliphatic carbocycles. The monoisotopic (exact) mass is 292 g/mol. The molecule has 0 amide bonds. The zero-order chi connectivity index (χ0) is 14.7. The van der Waals surface area contributed by atoms with Gasteiger partial charge in [-0.3, -0.25) is 10.1 Å². The van der Waals surface area contributed by atoms with Crippen molar-refractivity contribution in [1.29, 1.82) is 0 Å². The van der Waals surface area contributed by atoms with Crippen LogP contribution in [0.5, 0.6) is 0 Å². The molecule has 1 aromatic carbocycles. The van der Waals surface area contributed by atoms with E-state index < -0.39 is 10.9 Å². The summed E-state index contributed by atoms with van der Waals surface area (Å²) >= 11 is 1.52. The lowest BCUT2D eigenvalue weighted by Crippen LogP contribution is -2.08. The van der Waals surface area contributed by atoms with Crippen molar-refractivity contribution in [3.8, 4) is 0 Å². The fraction of sp³-hybridized carbons (Fsp3) is 0.154. The highest BCUT2D eigenvalue weighted by molar-refractivity contribution is 7.10. The molecular formula is C13H12N2O4S. The maximum absolute atomic E-state index is 11.2. The Morgan fingerprint density at radius 1 is 1.45 bits per heavy atom. The molecule has 0 unspecified atom stereocenters. The van der Waals surface area contributed by atoms with Crippen LogP contribution >= 0.6 is 11.3 Å². The number of hydrogen-bond acceptors (Lipinski definition) is 5. The van der Waals surface area contributed by atoms with E-state index in [1.807, 2.05) is 18.4 Å². The van der Waals surface area contributed by atoms with Crippen LogP contribution in [0.2, 0.25) is 0 Å². The van der Waals surface area contributed by atoms with E-state index in [0.717, 1.165) is 10.4 Å². The number of aromatic carboxylic acids is 1. The van der Waals surface area contributed by atoms with Crippen LogP contribution in [-0.2, 0) is 6.54 Å². The molecular weight excluding hydrogens is 280 g/mol. The van der Waals surface area contributed by atoms with Gasteiger partial charge in [-0.05, 0) is 30.0 Å². The maximum Gasteiger partial charge on any atom is 0.338 e. The van der Waals surface area contributed by atoms with Crippen LogP contribution in [0.4, 0.5) is 11.4 Å². The Morgan fingerprint density at radius 3 is 2.75 bits per heavy atom. The summed E-state index contributed by atoms with van der Waals surface area (Å²) < 4.78 is 0. The molecule has 104 valence electrons. The van der Waals surface area contributed by atoms with Crippen molar-refractivity contribution in [1.82, 2.24) is 0 Å². The van der Waals surface area contributed by atoms with Gasteiger partial charge in [-0.2, -0.15) is 0 Å². The second-order valence-electron chi connectivity index (χ2n) is 4.14. The highest BCUT2D eigenvalue weighted by atomic mass is 32.1. The van der Waals surface area contributed by atoms with Crippen molar-refractivity contribution in [3.05, 3.63) is 55.8 Å². The van der Waals surface area contributed by atoms with Gasteiger partial charge in [-0.1, -0.05) is 6.07 Å². The molecule has 0 aliphatic rings. The smallest absolute Gasteiger partial charge is 0.338 e. The average molecular weight is 292 g/mol. The first-order valence-corrected chi connectivity index (χ1v) is 6.66. The number of nitrogens with zero attached hydrogens (tertiary/aromatic N) is 1. The van der Waals surface area contributed by atoms with E-state index in [-0.39, 0.29) is 16.9 Å². The van der Waals surface area contributed by atoms with Crippen LogP contribution in [0.3, 0.4) is 0 Å².